The predicted molar refractivity (Wildman–Crippen MR) is 106 cm³/mol. The Morgan fingerprint density at radius 2 is 2.03 bits per heavy atom. The number of aromatic amines is 1. The van der Waals surface area contributed by atoms with Gasteiger partial charge in [-0.15, -0.1) is 0 Å². The number of likely N-dealkylation sites (tertiary alicyclic amines) is 1. The second-order valence-electron chi connectivity index (χ2n) is 8.03. The van der Waals surface area contributed by atoms with Crippen molar-refractivity contribution < 1.29 is 15.2 Å². The summed E-state index contributed by atoms with van der Waals surface area (Å²) in [6.45, 7) is 1.62. The van der Waals surface area contributed by atoms with Crippen molar-refractivity contribution in [3.8, 4) is 0 Å². The molecule has 1 amide bonds. The number of hydrogen-bond acceptors (Lipinski definition) is 4. The second-order valence-corrected chi connectivity index (χ2v) is 8.03. The standard InChI is InChI=1S/C21H22N4O4/c26-20(8-14-9-22-17-4-2-1-3-16(14)17)23-10-13-7-15(12-23)18-5-6-19(25(28)29)21(27)24(18)11-13/h1-6,9,13,15,22,25,28H,7-8,10-12H2. The summed E-state index contributed by atoms with van der Waals surface area (Å²) >= 11 is 0. The Morgan fingerprint density at radius 3 is 2.86 bits per heavy atom. The van der Waals surface area contributed by atoms with Crippen molar-refractivity contribution in [2.24, 2.45) is 5.92 Å². The van der Waals surface area contributed by atoms with Crippen LogP contribution in [-0.2, 0) is 17.8 Å². The molecule has 3 unspecified atom stereocenters. The van der Waals surface area contributed by atoms with Crippen molar-refractivity contribution in [1.29, 1.82) is 0 Å². The fraction of sp³-hybridized carbons (Fsp3) is 0.333. The largest absolute Gasteiger partial charge is 0.595 e. The first kappa shape index (κ1) is 18.1. The van der Waals surface area contributed by atoms with Gasteiger partial charge in [-0.1, -0.05) is 18.2 Å². The van der Waals surface area contributed by atoms with Crippen LogP contribution in [0.15, 0.2) is 47.4 Å². The van der Waals surface area contributed by atoms with E-state index in [4.69, 9.17) is 0 Å². The van der Waals surface area contributed by atoms with Crippen LogP contribution in [0.1, 0.15) is 23.6 Å². The summed E-state index contributed by atoms with van der Waals surface area (Å²) < 4.78 is 1.60. The van der Waals surface area contributed by atoms with Crippen molar-refractivity contribution in [2.75, 3.05) is 13.1 Å². The molecule has 4 heterocycles. The highest BCUT2D eigenvalue weighted by Gasteiger charge is 2.37. The van der Waals surface area contributed by atoms with Crippen molar-refractivity contribution >= 4 is 22.5 Å². The third kappa shape index (κ3) is 3.05. The second kappa shape index (κ2) is 6.84. The van der Waals surface area contributed by atoms with Crippen molar-refractivity contribution in [3.05, 3.63) is 69.4 Å². The molecular formula is C21H22N4O4. The number of nitrogens with zero attached hydrogens (tertiary/aromatic N) is 2. The van der Waals surface area contributed by atoms with Gasteiger partial charge in [-0.3, -0.25) is 9.59 Å². The lowest BCUT2D eigenvalue weighted by Crippen LogP contribution is -3.00. The maximum Gasteiger partial charge on any atom is 0.315 e. The molecule has 2 aliphatic heterocycles. The summed E-state index contributed by atoms with van der Waals surface area (Å²) in [7, 11) is 0. The third-order valence-corrected chi connectivity index (χ3v) is 6.20. The van der Waals surface area contributed by atoms with Crippen LogP contribution < -0.4 is 10.8 Å². The van der Waals surface area contributed by atoms with Gasteiger partial charge in [-0.05, 0) is 30.0 Å². The quantitative estimate of drug-likeness (QED) is 0.575. The van der Waals surface area contributed by atoms with Gasteiger partial charge >= 0.3 is 5.56 Å². The number of rotatable bonds is 3. The van der Waals surface area contributed by atoms with Gasteiger partial charge in [-0.2, -0.15) is 5.23 Å². The summed E-state index contributed by atoms with van der Waals surface area (Å²) in [6, 6.07) is 11.1. The molecule has 3 aromatic rings. The molecule has 5 rings (SSSR count). The minimum Gasteiger partial charge on any atom is -0.595 e. The Kier molecular flexibility index (Phi) is 4.27. The summed E-state index contributed by atoms with van der Waals surface area (Å²) in [5, 5.41) is 20.4. The minimum atomic E-state index is -1.20. The van der Waals surface area contributed by atoms with Crippen LogP contribution in [0.5, 0.6) is 0 Å². The molecule has 3 atom stereocenters. The topological polar surface area (TPSA) is 106 Å². The van der Waals surface area contributed by atoms with Crippen LogP contribution in [0, 0.1) is 11.1 Å². The third-order valence-electron chi connectivity index (χ3n) is 6.20. The number of amides is 1. The van der Waals surface area contributed by atoms with Gasteiger partial charge in [0.05, 0.1) is 6.42 Å². The number of quaternary nitrogens is 1. The van der Waals surface area contributed by atoms with Gasteiger partial charge in [0.25, 0.3) is 0 Å². The smallest absolute Gasteiger partial charge is 0.315 e. The molecule has 0 saturated carbocycles. The molecule has 0 aliphatic carbocycles. The number of pyridine rings is 1. The van der Waals surface area contributed by atoms with Gasteiger partial charge in [0.1, 0.15) is 0 Å². The van der Waals surface area contributed by atoms with Gasteiger partial charge in [0.2, 0.25) is 11.6 Å². The number of piperidine rings is 1. The highest BCUT2D eigenvalue weighted by Crippen LogP contribution is 2.35. The molecule has 3 N–H and O–H groups in total. The van der Waals surface area contributed by atoms with Crippen LogP contribution in [0.4, 0.5) is 5.69 Å². The number of carbonyl (C=O) groups excluding carboxylic acids is 1. The van der Waals surface area contributed by atoms with E-state index < -0.39 is 10.8 Å². The molecule has 8 heteroatoms. The molecule has 2 aromatic heterocycles. The van der Waals surface area contributed by atoms with E-state index >= 15 is 0 Å². The van der Waals surface area contributed by atoms with Crippen molar-refractivity contribution in [1.82, 2.24) is 14.5 Å². The van der Waals surface area contributed by atoms with Crippen molar-refractivity contribution in [3.63, 3.8) is 0 Å². The summed E-state index contributed by atoms with van der Waals surface area (Å²) in [5.74, 6) is 0.308. The summed E-state index contributed by atoms with van der Waals surface area (Å²) in [6.07, 6.45) is 3.16. The molecule has 1 fully saturated rings. The van der Waals surface area contributed by atoms with Gasteiger partial charge in [-0.25, -0.2) is 5.21 Å². The Bertz CT molecular complexity index is 1150. The Hall–Kier alpha value is -2.94. The highest BCUT2D eigenvalue weighted by atomic mass is 16.8. The Morgan fingerprint density at radius 1 is 1.21 bits per heavy atom. The fourth-order valence-corrected chi connectivity index (χ4v) is 4.86. The number of aromatic nitrogens is 2. The lowest BCUT2D eigenvalue weighted by molar-refractivity contribution is -0.992. The number of hydrogen-bond donors (Lipinski definition) is 3. The SMILES string of the molecule is O=C(Cc1c[nH]c2ccccc12)N1CC2CC(C1)c1ccc([NH+]([O-])O)c(=O)n1C2. The summed E-state index contributed by atoms with van der Waals surface area (Å²) in [5.41, 5.74) is 2.21. The molecule has 8 nitrogen and oxygen atoms in total. The molecule has 0 radical (unpaired) electrons. The van der Waals surface area contributed by atoms with Crippen LogP contribution in [-0.4, -0.2) is 38.7 Å². The van der Waals surface area contributed by atoms with E-state index in [1.807, 2.05) is 35.4 Å². The molecular weight excluding hydrogens is 372 g/mol. The van der Waals surface area contributed by atoms with E-state index in [9.17, 15) is 20.0 Å². The Balaban J connectivity index is 1.38. The lowest BCUT2D eigenvalue weighted by Gasteiger charge is -2.42. The van der Waals surface area contributed by atoms with Crippen molar-refractivity contribution in [2.45, 2.75) is 25.3 Å². The average molecular weight is 394 g/mol. The van der Waals surface area contributed by atoms with E-state index in [1.165, 1.54) is 6.07 Å². The molecule has 2 aliphatic rings. The highest BCUT2D eigenvalue weighted by molar-refractivity contribution is 5.89. The molecule has 2 bridgehead atoms. The van der Waals surface area contributed by atoms with Crippen LogP contribution >= 0.6 is 0 Å². The van der Waals surface area contributed by atoms with E-state index in [1.54, 1.807) is 10.6 Å². The number of carbonyl (C=O) groups is 1. The van der Waals surface area contributed by atoms with Crippen LogP contribution in [0.3, 0.4) is 0 Å². The number of benzene rings is 1. The number of fused-ring (bicyclic) bond motifs is 5. The fourth-order valence-electron chi connectivity index (χ4n) is 4.86. The first-order chi connectivity index (χ1) is 14.0. The number of nitrogens with one attached hydrogen (secondary N) is 2. The predicted octanol–water partition coefficient (Wildman–Crippen LogP) is 0.921. The van der Waals surface area contributed by atoms with E-state index in [-0.39, 0.29) is 23.4 Å². The van der Waals surface area contributed by atoms with Crippen LogP contribution in [0.2, 0.25) is 0 Å². The number of H-pyrrole nitrogens is 1. The zero-order valence-electron chi connectivity index (χ0n) is 15.8. The van der Waals surface area contributed by atoms with Gasteiger partial charge in [0, 0.05) is 54.4 Å². The maximum absolute atomic E-state index is 13.0. The lowest BCUT2D eigenvalue weighted by atomic mass is 9.83. The molecule has 150 valence electrons. The van der Waals surface area contributed by atoms with E-state index in [2.05, 4.69) is 4.98 Å². The zero-order valence-corrected chi connectivity index (χ0v) is 15.8. The zero-order chi connectivity index (χ0) is 20.1. The van der Waals surface area contributed by atoms with Crippen LogP contribution in [0.25, 0.3) is 10.9 Å². The molecule has 0 spiro atoms. The monoisotopic (exact) mass is 394 g/mol. The maximum atomic E-state index is 13.0. The molecule has 29 heavy (non-hydrogen) atoms. The summed E-state index contributed by atoms with van der Waals surface area (Å²) in [4.78, 5) is 30.7. The first-order valence-corrected chi connectivity index (χ1v) is 9.81. The molecule has 1 saturated heterocycles. The van der Waals surface area contributed by atoms with E-state index in [0.717, 1.165) is 28.6 Å². The Labute approximate surface area is 166 Å². The van der Waals surface area contributed by atoms with Gasteiger partial charge in [0.15, 0.2) is 0 Å². The first-order valence-electron chi connectivity index (χ1n) is 9.81. The minimum absolute atomic E-state index is 0.0602. The van der Waals surface area contributed by atoms with Gasteiger partial charge < -0.3 is 19.7 Å². The number of para-hydroxylation sites is 1. The normalized spacial score (nSPS) is 21.8. The molecule has 1 aromatic carbocycles. The van der Waals surface area contributed by atoms with E-state index in [0.29, 0.717) is 26.1 Å². The average Bonchev–Trinajstić information content (AvgIpc) is 3.11.